The molecule has 9 heteroatoms. The van der Waals surface area contributed by atoms with Gasteiger partial charge in [0.25, 0.3) is 10.0 Å². The number of hydrogen-bond donors (Lipinski definition) is 2. The maximum absolute atomic E-state index is 12.6. The molecule has 0 fully saturated rings. The topological polar surface area (TPSA) is 110 Å². The number of amides is 1. The Morgan fingerprint density at radius 2 is 1.68 bits per heavy atom. The first-order chi connectivity index (χ1) is 14.7. The lowest BCUT2D eigenvalue weighted by molar-refractivity contribution is -0.111. The van der Waals surface area contributed by atoms with Crippen molar-refractivity contribution in [2.45, 2.75) is 18.7 Å². The molecule has 0 saturated heterocycles. The molecule has 0 atom stereocenters. The number of nitrogens with one attached hydrogen (secondary N) is 2. The zero-order valence-corrected chi connectivity index (χ0v) is 18.1. The molecule has 1 aromatic heterocycles. The molecule has 0 aliphatic rings. The van der Waals surface area contributed by atoms with Crippen LogP contribution in [0.1, 0.15) is 17.1 Å². The van der Waals surface area contributed by atoms with E-state index in [1.807, 2.05) is 12.1 Å². The van der Waals surface area contributed by atoms with Gasteiger partial charge in [-0.2, -0.15) is 0 Å². The van der Waals surface area contributed by atoms with Crippen LogP contribution >= 0.6 is 0 Å². The summed E-state index contributed by atoms with van der Waals surface area (Å²) in [5, 5.41) is 2.69. The van der Waals surface area contributed by atoms with Crippen LogP contribution in [0.25, 0.3) is 6.08 Å². The van der Waals surface area contributed by atoms with E-state index in [1.54, 1.807) is 45.2 Å². The summed E-state index contributed by atoms with van der Waals surface area (Å²) < 4.78 is 32.7. The van der Waals surface area contributed by atoms with Crippen LogP contribution in [0.15, 0.2) is 65.6 Å². The van der Waals surface area contributed by atoms with Crippen molar-refractivity contribution >= 4 is 33.5 Å². The van der Waals surface area contributed by atoms with Gasteiger partial charge < -0.3 is 10.1 Å². The zero-order chi connectivity index (χ0) is 22.4. The van der Waals surface area contributed by atoms with Gasteiger partial charge in [0.05, 0.1) is 12.0 Å². The van der Waals surface area contributed by atoms with E-state index >= 15 is 0 Å². The Morgan fingerprint density at radius 3 is 2.29 bits per heavy atom. The van der Waals surface area contributed by atoms with E-state index in [2.05, 4.69) is 20.0 Å². The number of rotatable bonds is 7. The van der Waals surface area contributed by atoms with Crippen molar-refractivity contribution in [1.82, 2.24) is 9.97 Å². The number of aromatic nitrogens is 2. The standard InChI is InChI=1S/C22H22N4O4S/c1-15-14-21(24-16(2)23-15)26-31(28,29)20-11-7-18(8-12-20)25-22(27)13-6-17-4-9-19(30-3)10-5-17/h4-14H,1-3H3,(H,25,27)(H,23,24,26). The van der Waals surface area contributed by atoms with Crippen LogP contribution < -0.4 is 14.8 Å². The third-order valence-electron chi connectivity index (χ3n) is 4.18. The maximum atomic E-state index is 12.6. The fourth-order valence-electron chi connectivity index (χ4n) is 2.75. The zero-order valence-electron chi connectivity index (χ0n) is 17.3. The second kappa shape index (κ2) is 9.40. The molecule has 0 aliphatic heterocycles. The molecule has 0 saturated carbocycles. The highest BCUT2D eigenvalue weighted by molar-refractivity contribution is 7.92. The molecule has 0 aliphatic carbocycles. The van der Waals surface area contributed by atoms with Gasteiger partial charge in [0.15, 0.2) is 0 Å². The van der Waals surface area contributed by atoms with Crippen molar-refractivity contribution in [2.75, 3.05) is 17.1 Å². The summed E-state index contributed by atoms with van der Waals surface area (Å²) in [5.41, 5.74) is 1.97. The van der Waals surface area contributed by atoms with Crippen LogP contribution in [-0.4, -0.2) is 31.4 Å². The summed E-state index contributed by atoms with van der Waals surface area (Å²) in [6.45, 7) is 3.44. The fraction of sp³-hybridized carbons (Fsp3) is 0.136. The van der Waals surface area contributed by atoms with Gasteiger partial charge in [0.1, 0.15) is 17.4 Å². The molecule has 3 aromatic rings. The average molecular weight is 439 g/mol. The fourth-order valence-corrected chi connectivity index (χ4v) is 3.75. The minimum Gasteiger partial charge on any atom is -0.497 e. The number of carbonyl (C=O) groups is 1. The summed E-state index contributed by atoms with van der Waals surface area (Å²) in [6.07, 6.45) is 3.07. The number of methoxy groups -OCH3 is 1. The molecule has 1 heterocycles. The number of anilines is 2. The molecule has 3 rings (SSSR count). The van der Waals surface area contributed by atoms with E-state index in [1.165, 1.54) is 30.3 Å². The van der Waals surface area contributed by atoms with E-state index in [4.69, 9.17) is 4.74 Å². The van der Waals surface area contributed by atoms with Crippen LogP contribution in [-0.2, 0) is 14.8 Å². The number of aryl methyl sites for hydroxylation is 2. The van der Waals surface area contributed by atoms with Crippen molar-refractivity contribution < 1.29 is 17.9 Å². The molecular weight excluding hydrogens is 416 g/mol. The predicted molar refractivity (Wildman–Crippen MR) is 119 cm³/mol. The lowest BCUT2D eigenvalue weighted by Crippen LogP contribution is -2.15. The molecule has 2 aromatic carbocycles. The van der Waals surface area contributed by atoms with Gasteiger partial charge in [0.2, 0.25) is 5.91 Å². The third-order valence-corrected chi connectivity index (χ3v) is 5.55. The molecular formula is C22H22N4O4S. The third kappa shape index (κ3) is 6.13. The molecule has 0 bridgehead atoms. The molecule has 0 unspecified atom stereocenters. The Hall–Kier alpha value is -3.72. The van der Waals surface area contributed by atoms with Crippen LogP contribution in [0.4, 0.5) is 11.5 Å². The van der Waals surface area contributed by atoms with Crippen molar-refractivity contribution in [3.8, 4) is 5.75 Å². The number of sulfonamides is 1. The van der Waals surface area contributed by atoms with Crippen LogP contribution in [0.3, 0.4) is 0 Å². The molecule has 1 amide bonds. The van der Waals surface area contributed by atoms with Crippen molar-refractivity contribution in [1.29, 1.82) is 0 Å². The lowest BCUT2D eigenvalue weighted by atomic mass is 10.2. The molecule has 31 heavy (non-hydrogen) atoms. The summed E-state index contributed by atoms with van der Waals surface area (Å²) in [7, 11) is -2.24. The highest BCUT2D eigenvalue weighted by Gasteiger charge is 2.15. The number of benzene rings is 2. The number of carbonyl (C=O) groups excluding carboxylic acids is 1. The highest BCUT2D eigenvalue weighted by Crippen LogP contribution is 2.18. The largest absolute Gasteiger partial charge is 0.497 e. The average Bonchev–Trinajstić information content (AvgIpc) is 2.72. The lowest BCUT2D eigenvalue weighted by Gasteiger charge is -2.09. The minimum atomic E-state index is -3.82. The van der Waals surface area contributed by atoms with Crippen LogP contribution in [0.5, 0.6) is 5.75 Å². The summed E-state index contributed by atoms with van der Waals surface area (Å²) >= 11 is 0. The van der Waals surface area contributed by atoms with Gasteiger partial charge in [0, 0.05) is 23.5 Å². The first kappa shape index (κ1) is 22.0. The van der Waals surface area contributed by atoms with Gasteiger partial charge >= 0.3 is 0 Å². The molecule has 2 N–H and O–H groups in total. The first-order valence-corrected chi connectivity index (χ1v) is 10.8. The first-order valence-electron chi connectivity index (χ1n) is 9.33. The summed E-state index contributed by atoms with van der Waals surface area (Å²) in [6, 6.07) is 14.7. The Bertz CT molecular complexity index is 1190. The molecule has 8 nitrogen and oxygen atoms in total. The van der Waals surface area contributed by atoms with Crippen molar-refractivity contribution in [2.24, 2.45) is 0 Å². The quantitative estimate of drug-likeness (QED) is 0.546. The number of hydrogen-bond acceptors (Lipinski definition) is 6. The van der Waals surface area contributed by atoms with Gasteiger partial charge in [-0.1, -0.05) is 12.1 Å². The van der Waals surface area contributed by atoms with Crippen LogP contribution in [0.2, 0.25) is 0 Å². The normalized spacial score (nSPS) is 11.3. The SMILES string of the molecule is COc1ccc(C=CC(=O)Nc2ccc(S(=O)(=O)Nc3cc(C)nc(C)n3)cc2)cc1. The van der Waals surface area contributed by atoms with E-state index in [-0.39, 0.29) is 16.6 Å². The van der Waals surface area contributed by atoms with Gasteiger partial charge in [-0.3, -0.25) is 9.52 Å². The van der Waals surface area contributed by atoms with Crippen LogP contribution in [0, 0.1) is 13.8 Å². The van der Waals surface area contributed by atoms with Crippen molar-refractivity contribution in [3.05, 3.63) is 77.8 Å². The Labute approximate surface area is 181 Å². The van der Waals surface area contributed by atoms with E-state index in [0.29, 0.717) is 17.2 Å². The second-order valence-corrected chi connectivity index (χ2v) is 8.35. The summed E-state index contributed by atoms with van der Waals surface area (Å²) in [4.78, 5) is 20.4. The number of ether oxygens (including phenoxy) is 1. The number of nitrogens with zero attached hydrogens (tertiary/aromatic N) is 2. The maximum Gasteiger partial charge on any atom is 0.263 e. The van der Waals surface area contributed by atoms with E-state index in [9.17, 15) is 13.2 Å². The predicted octanol–water partition coefficient (Wildman–Crippen LogP) is 3.55. The van der Waals surface area contributed by atoms with Crippen molar-refractivity contribution in [3.63, 3.8) is 0 Å². The molecule has 0 radical (unpaired) electrons. The van der Waals surface area contributed by atoms with Gasteiger partial charge in [-0.15, -0.1) is 0 Å². The Balaban J connectivity index is 1.64. The van der Waals surface area contributed by atoms with Gasteiger partial charge in [-0.25, -0.2) is 18.4 Å². The smallest absolute Gasteiger partial charge is 0.263 e. The Morgan fingerprint density at radius 1 is 1.00 bits per heavy atom. The second-order valence-electron chi connectivity index (χ2n) is 6.67. The van der Waals surface area contributed by atoms with E-state index in [0.717, 1.165) is 11.3 Å². The Kier molecular flexibility index (Phi) is 6.66. The minimum absolute atomic E-state index is 0.0493. The molecule has 0 spiro atoms. The highest BCUT2D eigenvalue weighted by atomic mass is 32.2. The van der Waals surface area contributed by atoms with Gasteiger partial charge in [-0.05, 0) is 61.9 Å². The van der Waals surface area contributed by atoms with E-state index < -0.39 is 10.0 Å². The monoisotopic (exact) mass is 438 g/mol. The summed E-state index contributed by atoms with van der Waals surface area (Å²) in [5.74, 6) is 1.07. The molecule has 160 valence electrons.